The Balaban J connectivity index is 2.34. The van der Waals surface area contributed by atoms with E-state index in [2.05, 4.69) is 15.2 Å². The third kappa shape index (κ3) is 2.80. The second kappa shape index (κ2) is 6.17. The molecule has 0 spiro atoms. The lowest BCUT2D eigenvalue weighted by Crippen LogP contribution is -2.38. The molecule has 0 saturated heterocycles. The maximum Gasteiger partial charge on any atom is 0.319 e. The number of nitrogens with zero attached hydrogens (tertiary/aromatic N) is 2. The van der Waals surface area contributed by atoms with Crippen molar-refractivity contribution >= 4 is 5.97 Å². The van der Waals surface area contributed by atoms with Crippen molar-refractivity contribution in [2.24, 2.45) is 0 Å². The minimum absolute atomic E-state index is 0.154. The Morgan fingerprint density at radius 3 is 2.47 bits per heavy atom. The Morgan fingerprint density at radius 1 is 1.26 bits per heavy atom. The maximum atomic E-state index is 12.5. The van der Waals surface area contributed by atoms with Gasteiger partial charge in [0.2, 0.25) is 0 Å². The molecule has 0 aliphatic heterocycles. The first-order valence-electron chi connectivity index (χ1n) is 7.32. The minimum atomic E-state index is -0.629. The van der Waals surface area contributed by atoms with Gasteiger partial charge < -0.3 is 4.74 Å². The molecule has 0 unspecified atom stereocenters. The Hall–Kier alpha value is -1.39. The fraction of sp³-hybridized carbons (Fsp3) is 0.786. The lowest BCUT2D eigenvalue weighted by atomic mass is 9.79. The fourth-order valence-electron chi connectivity index (χ4n) is 2.79. The zero-order valence-corrected chi connectivity index (χ0v) is 11.9. The van der Waals surface area contributed by atoms with Gasteiger partial charge in [0.1, 0.15) is 11.2 Å². The number of esters is 1. The highest BCUT2D eigenvalue weighted by Crippen LogP contribution is 2.37. The number of aromatic nitrogens is 3. The Bertz CT molecular complexity index is 420. The zero-order valence-electron chi connectivity index (χ0n) is 11.9. The summed E-state index contributed by atoms with van der Waals surface area (Å²) in [4.78, 5) is 17.0. The molecule has 1 aliphatic carbocycles. The van der Waals surface area contributed by atoms with Gasteiger partial charge in [-0.3, -0.25) is 9.89 Å². The highest BCUT2D eigenvalue weighted by atomic mass is 16.5. The summed E-state index contributed by atoms with van der Waals surface area (Å²) in [7, 11) is 0. The lowest BCUT2D eigenvalue weighted by Gasteiger charge is -2.27. The number of rotatable bonds is 4. The van der Waals surface area contributed by atoms with Crippen LogP contribution in [0.25, 0.3) is 0 Å². The molecule has 0 bridgehead atoms. The van der Waals surface area contributed by atoms with Gasteiger partial charge in [0, 0.05) is 6.42 Å². The topological polar surface area (TPSA) is 67.9 Å². The van der Waals surface area contributed by atoms with Crippen molar-refractivity contribution < 1.29 is 9.53 Å². The number of ether oxygens (including phenoxy) is 1. The monoisotopic (exact) mass is 265 g/mol. The molecule has 5 heteroatoms. The molecule has 2 rings (SSSR count). The lowest BCUT2D eigenvalue weighted by molar-refractivity contribution is -0.151. The number of H-pyrrole nitrogens is 1. The number of carbonyl (C=O) groups is 1. The van der Waals surface area contributed by atoms with Crippen molar-refractivity contribution in [3.8, 4) is 0 Å². The third-order valence-electron chi connectivity index (χ3n) is 3.92. The first-order valence-corrected chi connectivity index (χ1v) is 7.32. The van der Waals surface area contributed by atoms with Crippen LogP contribution in [0.2, 0.25) is 0 Å². The van der Waals surface area contributed by atoms with Crippen LogP contribution >= 0.6 is 0 Å². The van der Waals surface area contributed by atoms with Crippen LogP contribution in [-0.4, -0.2) is 27.8 Å². The number of aromatic amines is 1. The van der Waals surface area contributed by atoms with E-state index in [4.69, 9.17) is 4.74 Å². The number of carbonyl (C=O) groups excluding carboxylic acids is 1. The van der Waals surface area contributed by atoms with Crippen molar-refractivity contribution in [2.75, 3.05) is 6.61 Å². The van der Waals surface area contributed by atoms with Crippen LogP contribution in [0, 0.1) is 0 Å². The van der Waals surface area contributed by atoms with Crippen LogP contribution in [0.5, 0.6) is 0 Å². The van der Waals surface area contributed by atoms with Gasteiger partial charge in [-0.05, 0) is 19.8 Å². The van der Waals surface area contributed by atoms with Crippen molar-refractivity contribution in [3.63, 3.8) is 0 Å². The summed E-state index contributed by atoms with van der Waals surface area (Å²) >= 11 is 0. The van der Waals surface area contributed by atoms with Gasteiger partial charge in [-0.1, -0.05) is 32.6 Å². The van der Waals surface area contributed by atoms with Crippen molar-refractivity contribution in [1.82, 2.24) is 15.2 Å². The van der Waals surface area contributed by atoms with Crippen LogP contribution in [0.1, 0.15) is 64.0 Å². The maximum absolute atomic E-state index is 12.5. The number of hydrogen-bond acceptors (Lipinski definition) is 4. The van der Waals surface area contributed by atoms with Crippen molar-refractivity contribution in [2.45, 2.75) is 64.2 Å². The van der Waals surface area contributed by atoms with Gasteiger partial charge in [-0.2, -0.15) is 5.10 Å². The molecule has 106 valence electrons. The summed E-state index contributed by atoms with van der Waals surface area (Å²) in [5.74, 6) is 1.31. The molecule has 1 N–H and O–H groups in total. The van der Waals surface area contributed by atoms with E-state index in [1.54, 1.807) is 0 Å². The van der Waals surface area contributed by atoms with Crippen LogP contribution in [0.4, 0.5) is 0 Å². The molecule has 0 atom stereocenters. The first kappa shape index (κ1) is 14.0. The summed E-state index contributed by atoms with van der Waals surface area (Å²) in [6.07, 6.45) is 6.81. The van der Waals surface area contributed by atoms with Crippen LogP contribution < -0.4 is 0 Å². The molecule has 0 radical (unpaired) electrons. The van der Waals surface area contributed by atoms with E-state index in [9.17, 15) is 4.79 Å². The SMILES string of the molecule is CCOC(=O)C1(c2n[nH]c(CC)n2)CCCCCC1. The molecule has 1 aliphatic rings. The van der Waals surface area contributed by atoms with Gasteiger partial charge in [0.15, 0.2) is 5.82 Å². The standard InChI is InChI=1S/C14H23N3O2/c1-3-11-15-12(17-16-11)14(13(18)19-4-2)9-7-5-6-8-10-14/h3-10H2,1-2H3,(H,15,16,17). The van der Waals surface area contributed by atoms with E-state index in [0.29, 0.717) is 12.4 Å². The zero-order chi connectivity index (χ0) is 13.7. The second-order valence-corrected chi connectivity index (χ2v) is 5.18. The highest BCUT2D eigenvalue weighted by Gasteiger charge is 2.45. The Morgan fingerprint density at radius 2 is 1.95 bits per heavy atom. The molecule has 1 fully saturated rings. The second-order valence-electron chi connectivity index (χ2n) is 5.18. The van der Waals surface area contributed by atoms with E-state index >= 15 is 0 Å². The molecule has 1 saturated carbocycles. The molecule has 5 nitrogen and oxygen atoms in total. The third-order valence-corrected chi connectivity index (χ3v) is 3.92. The molecular formula is C14H23N3O2. The normalized spacial score (nSPS) is 18.8. The van der Waals surface area contributed by atoms with E-state index in [1.807, 2.05) is 13.8 Å². The summed E-state index contributed by atoms with van der Waals surface area (Å²) in [5, 5.41) is 7.22. The molecule has 1 aromatic rings. The molecule has 0 amide bonds. The predicted molar refractivity (Wildman–Crippen MR) is 71.8 cm³/mol. The summed E-state index contributed by atoms with van der Waals surface area (Å²) in [6, 6.07) is 0. The van der Waals surface area contributed by atoms with Gasteiger partial charge in [-0.25, -0.2) is 4.98 Å². The van der Waals surface area contributed by atoms with E-state index in [1.165, 1.54) is 12.8 Å². The van der Waals surface area contributed by atoms with Gasteiger partial charge in [0.25, 0.3) is 0 Å². The minimum Gasteiger partial charge on any atom is -0.465 e. The largest absolute Gasteiger partial charge is 0.465 e. The molecule has 1 aromatic heterocycles. The number of aryl methyl sites for hydroxylation is 1. The number of hydrogen-bond donors (Lipinski definition) is 1. The van der Waals surface area contributed by atoms with Crippen LogP contribution in [0.3, 0.4) is 0 Å². The van der Waals surface area contributed by atoms with Crippen molar-refractivity contribution in [1.29, 1.82) is 0 Å². The molecular weight excluding hydrogens is 242 g/mol. The summed E-state index contributed by atoms with van der Waals surface area (Å²) < 4.78 is 5.30. The molecule has 1 heterocycles. The predicted octanol–water partition coefficient (Wildman–Crippen LogP) is 2.52. The Labute approximate surface area is 114 Å². The summed E-state index contributed by atoms with van der Waals surface area (Å²) in [6.45, 7) is 4.28. The van der Waals surface area contributed by atoms with Crippen LogP contribution in [-0.2, 0) is 21.4 Å². The average molecular weight is 265 g/mol. The quantitative estimate of drug-likeness (QED) is 0.671. The fourth-order valence-corrected chi connectivity index (χ4v) is 2.79. The van der Waals surface area contributed by atoms with Gasteiger partial charge in [-0.15, -0.1) is 0 Å². The molecule has 19 heavy (non-hydrogen) atoms. The smallest absolute Gasteiger partial charge is 0.319 e. The Kier molecular flexibility index (Phi) is 4.56. The van der Waals surface area contributed by atoms with Gasteiger partial charge in [0.05, 0.1) is 6.61 Å². The number of nitrogens with one attached hydrogen (secondary N) is 1. The van der Waals surface area contributed by atoms with E-state index in [-0.39, 0.29) is 5.97 Å². The van der Waals surface area contributed by atoms with Gasteiger partial charge >= 0.3 is 5.97 Å². The van der Waals surface area contributed by atoms with E-state index in [0.717, 1.165) is 37.9 Å². The summed E-state index contributed by atoms with van der Waals surface area (Å²) in [5.41, 5.74) is -0.629. The average Bonchev–Trinajstić information content (AvgIpc) is 2.77. The molecule has 0 aromatic carbocycles. The van der Waals surface area contributed by atoms with E-state index < -0.39 is 5.41 Å². The van der Waals surface area contributed by atoms with Crippen molar-refractivity contribution in [3.05, 3.63) is 11.6 Å². The first-order chi connectivity index (χ1) is 9.23. The highest BCUT2D eigenvalue weighted by molar-refractivity contribution is 5.82. The van der Waals surface area contributed by atoms with Crippen LogP contribution in [0.15, 0.2) is 0 Å².